The van der Waals surface area contributed by atoms with E-state index in [9.17, 15) is 14.0 Å². The second-order valence-corrected chi connectivity index (χ2v) is 8.19. The van der Waals surface area contributed by atoms with E-state index >= 15 is 0 Å². The molecule has 1 aromatic heterocycles. The Hall–Kier alpha value is -3.81. The van der Waals surface area contributed by atoms with Crippen molar-refractivity contribution in [2.24, 2.45) is 0 Å². The highest BCUT2D eigenvalue weighted by molar-refractivity contribution is 5.89. The standard InChI is InChI=1S/C25H26FN5O2/c1-16(32)27-21-10-8-18(9-11-21)23-14-24(28-22-7-3-6-20(26)13-22)30-25(29-23)19-5-4-12-31(15-19)17(2)33/h3,6-11,13-14,19H,4-5,12,15H2,1-2H3,(H,27,32)(H,28,29,30). The Morgan fingerprint density at radius 2 is 1.82 bits per heavy atom. The van der Waals surface area contributed by atoms with Crippen LogP contribution in [0.1, 0.15) is 38.4 Å². The molecule has 33 heavy (non-hydrogen) atoms. The molecule has 2 aromatic carbocycles. The predicted molar refractivity (Wildman–Crippen MR) is 126 cm³/mol. The summed E-state index contributed by atoms with van der Waals surface area (Å²) < 4.78 is 13.7. The molecule has 1 fully saturated rings. The fourth-order valence-corrected chi connectivity index (χ4v) is 3.98. The van der Waals surface area contributed by atoms with Crippen LogP contribution >= 0.6 is 0 Å². The lowest BCUT2D eigenvalue weighted by atomic mass is 9.96. The Labute approximate surface area is 192 Å². The van der Waals surface area contributed by atoms with Crippen molar-refractivity contribution in [3.63, 3.8) is 0 Å². The van der Waals surface area contributed by atoms with Crippen LogP contribution in [0.2, 0.25) is 0 Å². The van der Waals surface area contributed by atoms with Gasteiger partial charge in [0.2, 0.25) is 11.8 Å². The normalized spacial score (nSPS) is 15.7. The van der Waals surface area contributed by atoms with E-state index in [2.05, 4.69) is 10.6 Å². The van der Waals surface area contributed by atoms with Crippen LogP contribution in [0.15, 0.2) is 54.6 Å². The molecular formula is C25H26FN5O2. The van der Waals surface area contributed by atoms with Gasteiger partial charge in [0, 0.05) is 55.9 Å². The molecule has 0 saturated carbocycles. The summed E-state index contributed by atoms with van der Waals surface area (Å²) in [5, 5.41) is 5.93. The van der Waals surface area contributed by atoms with Gasteiger partial charge in [-0.2, -0.15) is 0 Å². The van der Waals surface area contributed by atoms with Crippen LogP contribution in [0.5, 0.6) is 0 Å². The number of benzene rings is 2. The molecule has 7 nitrogen and oxygen atoms in total. The van der Waals surface area contributed by atoms with Gasteiger partial charge < -0.3 is 15.5 Å². The van der Waals surface area contributed by atoms with Gasteiger partial charge >= 0.3 is 0 Å². The van der Waals surface area contributed by atoms with Crippen molar-refractivity contribution in [3.05, 3.63) is 66.2 Å². The summed E-state index contributed by atoms with van der Waals surface area (Å²) in [5.74, 6) is 0.764. The maximum atomic E-state index is 13.7. The van der Waals surface area contributed by atoms with Crippen molar-refractivity contribution in [3.8, 4) is 11.3 Å². The average Bonchev–Trinajstić information content (AvgIpc) is 2.79. The largest absolute Gasteiger partial charge is 0.342 e. The lowest BCUT2D eigenvalue weighted by Crippen LogP contribution is -2.38. The molecule has 3 aromatic rings. The number of anilines is 3. The van der Waals surface area contributed by atoms with Crippen molar-refractivity contribution in [2.45, 2.75) is 32.6 Å². The molecule has 0 bridgehead atoms. The Bertz CT molecular complexity index is 1170. The molecule has 2 heterocycles. The maximum Gasteiger partial charge on any atom is 0.221 e. The monoisotopic (exact) mass is 447 g/mol. The second-order valence-electron chi connectivity index (χ2n) is 8.19. The zero-order chi connectivity index (χ0) is 23.4. The molecule has 4 rings (SSSR count). The molecule has 0 aliphatic carbocycles. The number of nitrogens with one attached hydrogen (secondary N) is 2. The van der Waals surface area contributed by atoms with Crippen LogP contribution in [0.4, 0.5) is 21.6 Å². The average molecular weight is 448 g/mol. The molecule has 1 aliphatic rings. The van der Waals surface area contributed by atoms with Crippen molar-refractivity contribution < 1.29 is 14.0 Å². The highest BCUT2D eigenvalue weighted by atomic mass is 19.1. The summed E-state index contributed by atoms with van der Waals surface area (Å²) in [5.41, 5.74) is 2.84. The van der Waals surface area contributed by atoms with E-state index in [1.54, 1.807) is 19.1 Å². The van der Waals surface area contributed by atoms with Crippen molar-refractivity contribution >= 4 is 29.0 Å². The number of likely N-dealkylation sites (tertiary alicyclic amines) is 1. The van der Waals surface area contributed by atoms with Gasteiger partial charge in [-0.3, -0.25) is 9.59 Å². The predicted octanol–water partition coefficient (Wildman–Crippen LogP) is 4.71. The van der Waals surface area contributed by atoms with Gasteiger partial charge in [0.15, 0.2) is 0 Å². The van der Waals surface area contributed by atoms with Gasteiger partial charge in [-0.25, -0.2) is 14.4 Å². The van der Waals surface area contributed by atoms with E-state index in [1.807, 2.05) is 35.2 Å². The van der Waals surface area contributed by atoms with Gasteiger partial charge in [-0.1, -0.05) is 18.2 Å². The van der Waals surface area contributed by atoms with E-state index in [4.69, 9.17) is 9.97 Å². The van der Waals surface area contributed by atoms with Crippen molar-refractivity contribution in [2.75, 3.05) is 23.7 Å². The fourth-order valence-electron chi connectivity index (χ4n) is 3.98. The number of aromatic nitrogens is 2. The van der Waals surface area contributed by atoms with Gasteiger partial charge in [-0.15, -0.1) is 0 Å². The van der Waals surface area contributed by atoms with Crippen molar-refractivity contribution in [1.29, 1.82) is 0 Å². The smallest absolute Gasteiger partial charge is 0.221 e. The zero-order valence-electron chi connectivity index (χ0n) is 18.6. The molecule has 1 atom stereocenters. The number of nitrogens with zero attached hydrogens (tertiary/aromatic N) is 3. The lowest BCUT2D eigenvalue weighted by molar-refractivity contribution is -0.130. The van der Waals surface area contributed by atoms with Crippen LogP contribution in [0.25, 0.3) is 11.3 Å². The third-order valence-corrected chi connectivity index (χ3v) is 5.57. The molecule has 0 radical (unpaired) electrons. The highest BCUT2D eigenvalue weighted by Crippen LogP contribution is 2.30. The SMILES string of the molecule is CC(=O)Nc1ccc(-c2cc(Nc3cccc(F)c3)nc(C3CCCN(C(C)=O)C3)n2)cc1. The van der Waals surface area contributed by atoms with Crippen LogP contribution in [-0.2, 0) is 9.59 Å². The summed E-state index contributed by atoms with van der Waals surface area (Å²) in [6.07, 6.45) is 1.77. The summed E-state index contributed by atoms with van der Waals surface area (Å²) >= 11 is 0. The second kappa shape index (κ2) is 9.77. The number of piperidine rings is 1. The quantitative estimate of drug-likeness (QED) is 0.591. The minimum Gasteiger partial charge on any atom is -0.342 e. The number of carbonyl (C=O) groups excluding carboxylic acids is 2. The highest BCUT2D eigenvalue weighted by Gasteiger charge is 2.26. The van der Waals surface area contributed by atoms with Crippen LogP contribution in [-0.4, -0.2) is 39.8 Å². The topological polar surface area (TPSA) is 87.2 Å². The Balaban J connectivity index is 1.69. The summed E-state index contributed by atoms with van der Waals surface area (Å²) in [7, 11) is 0. The lowest BCUT2D eigenvalue weighted by Gasteiger charge is -2.31. The summed E-state index contributed by atoms with van der Waals surface area (Å²) in [6, 6.07) is 15.4. The van der Waals surface area contributed by atoms with Crippen LogP contribution in [0.3, 0.4) is 0 Å². The zero-order valence-corrected chi connectivity index (χ0v) is 18.6. The third kappa shape index (κ3) is 5.71. The number of carbonyl (C=O) groups is 2. The van der Waals surface area contributed by atoms with Gasteiger partial charge in [-0.05, 0) is 43.2 Å². The number of hydrogen-bond donors (Lipinski definition) is 2. The van der Waals surface area contributed by atoms with E-state index in [0.29, 0.717) is 35.3 Å². The van der Waals surface area contributed by atoms with Gasteiger partial charge in [0.05, 0.1) is 5.69 Å². The van der Waals surface area contributed by atoms with E-state index < -0.39 is 0 Å². The Kier molecular flexibility index (Phi) is 6.63. The maximum absolute atomic E-state index is 13.7. The molecule has 2 amide bonds. The summed E-state index contributed by atoms with van der Waals surface area (Å²) in [6.45, 7) is 4.35. The third-order valence-electron chi connectivity index (χ3n) is 5.57. The Morgan fingerprint density at radius 1 is 1.03 bits per heavy atom. The first-order chi connectivity index (χ1) is 15.9. The Morgan fingerprint density at radius 3 is 2.52 bits per heavy atom. The minimum atomic E-state index is -0.340. The van der Waals surface area contributed by atoms with Crippen molar-refractivity contribution in [1.82, 2.24) is 14.9 Å². The van der Waals surface area contributed by atoms with E-state index in [1.165, 1.54) is 19.1 Å². The molecule has 0 spiro atoms. The summed E-state index contributed by atoms with van der Waals surface area (Å²) in [4.78, 5) is 34.6. The number of hydrogen-bond acceptors (Lipinski definition) is 5. The molecule has 1 saturated heterocycles. The first-order valence-corrected chi connectivity index (χ1v) is 10.9. The van der Waals surface area contributed by atoms with E-state index in [-0.39, 0.29) is 23.5 Å². The fraction of sp³-hybridized carbons (Fsp3) is 0.280. The van der Waals surface area contributed by atoms with Crippen LogP contribution < -0.4 is 10.6 Å². The van der Waals surface area contributed by atoms with E-state index in [0.717, 1.165) is 24.9 Å². The number of amides is 2. The molecule has 8 heteroatoms. The van der Waals surface area contributed by atoms with Gasteiger partial charge in [0.1, 0.15) is 17.5 Å². The minimum absolute atomic E-state index is 0.00862. The molecule has 1 unspecified atom stereocenters. The molecule has 1 aliphatic heterocycles. The molecular weight excluding hydrogens is 421 g/mol. The first-order valence-electron chi connectivity index (χ1n) is 10.9. The van der Waals surface area contributed by atoms with Crippen LogP contribution in [0, 0.1) is 5.82 Å². The first kappa shape index (κ1) is 22.4. The molecule has 170 valence electrons. The number of rotatable bonds is 5. The van der Waals surface area contributed by atoms with Gasteiger partial charge in [0.25, 0.3) is 0 Å². The molecule has 2 N–H and O–H groups in total. The number of halogens is 1.